The number of hydrogen-bond acceptors (Lipinski definition) is 6. The van der Waals surface area contributed by atoms with Gasteiger partial charge in [-0.05, 0) is 25.0 Å². The Morgan fingerprint density at radius 1 is 1.59 bits per heavy atom. The Bertz CT molecular complexity index is 718. The Balaban J connectivity index is 2.00. The Morgan fingerprint density at radius 3 is 3.05 bits per heavy atom. The highest BCUT2D eigenvalue weighted by atomic mass is 16.4. The number of aryl methyl sites for hydroxylation is 1. The average molecular weight is 300 g/mol. The van der Waals surface area contributed by atoms with Gasteiger partial charge in [0, 0.05) is 19.8 Å². The van der Waals surface area contributed by atoms with Crippen LogP contribution in [0, 0.1) is 11.3 Å². The number of nitrogen functional groups attached to an aromatic ring is 1. The van der Waals surface area contributed by atoms with E-state index in [1.54, 1.807) is 24.2 Å². The van der Waals surface area contributed by atoms with E-state index in [0.29, 0.717) is 36.5 Å². The maximum absolute atomic E-state index is 11.2. The first kappa shape index (κ1) is 15.3. The Labute approximate surface area is 127 Å². The number of carboxylic acids is 1. The summed E-state index contributed by atoms with van der Waals surface area (Å²) in [6.07, 6.45) is 2.84. The zero-order valence-corrected chi connectivity index (χ0v) is 12.1. The van der Waals surface area contributed by atoms with Crippen LogP contribution in [0.25, 0.3) is 0 Å². The lowest BCUT2D eigenvalue weighted by molar-refractivity contribution is 0.0697. The maximum Gasteiger partial charge on any atom is 0.339 e. The van der Waals surface area contributed by atoms with Gasteiger partial charge in [0.1, 0.15) is 23.0 Å². The minimum atomic E-state index is -1.01. The van der Waals surface area contributed by atoms with E-state index in [-0.39, 0.29) is 11.4 Å². The van der Waals surface area contributed by atoms with Gasteiger partial charge in [-0.25, -0.2) is 9.78 Å². The number of nitrogens with two attached hydrogens (primary N) is 1. The zero-order chi connectivity index (χ0) is 16.1. The summed E-state index contributed by atoms with van der Waals surface area (Å²) in [5.74, 6) is -0.397. The summed E-state index contributed by atoms with van der Waals surface area (Å²) in [5, 5.41) is 24.7. The van der Waals surface area contributed by atoms with Crippen LogP contribution in [0.5, 0.6) is 0 Å². The Morgan fingerprint density at radius 2 is 2.36 bits per heavy atom. The first-order chi connectivity index (χ1) is 10.5. The highest BCUT2D eigenvalue weighted by Crippen LogP contribution is 2.17. The molecule has 0 aliphatic heterocycles. The van der Waals surface area contributed by atoms with Crippen molar-refractivity contribution in [2.75, 3.05) is 24.2 Å². The fourth-order valence-corrected chi connectivity index (χ4v) is 2.17. The van der Waals surface area contributed by atoms with Crippen LogP contribution in [0.4, 0.5) is 11.6 Å². The molecule has 114 valence electrons. The van der Waals surface area contributed by atoms with Crippen molar-refractivity contribution in [1.29, 1.82) is 5.26 Å². The SMILES string of the molecule is CN(CCCc1[nH]nc(N)c1C#N)c1ncccc1C(=O)O. The van der Waals surface area contributed by atoms with Gasteiger partial charge < -0.3 is 15.7 Å². The number of carbonyl (C=O) groups is 1. The monoisotopic (exact) mass is 300 g/mol. The lowest BCUT2D eigenvalue weighted by Gasteiger charge is -2.19. The second kappa shape index (κ2) is 6.58. The molecule has 0 radical (unpaired) electrons. The summed E-state index contributed by atoms with van der Waals surface area (Å²) >= 11 is 0. The minimum Gasteiger partial charge on any atom is -0.478 e. The summed E-state index contributed by atoms with van der Waals surface area (Å²) in [4.78, 5) is 17.1. The van der Waals surface area contributed by atoms with Gasteiger partial charge in [-0.1, -0.05) is 0 Å². The number of nitriles is 1. The summed E-state index contributed by atoms with van der Waals surface area (Å²) in [5.41, 5.74) is 6.79. The van der Waals surface area contributed by atoms with Crippen molar-refractivity contribution < 1.29 is 9.90 Å². The van der Waals surface area contributed by atoms with E-state index in [2.05, 4.69) is 15.2 Å². The van der Waals surface area contributed by atoms with Gasteiger partial charge >= 0.3 is 5.97 Å². The number of nitrogens with zero attached hydrogens (tertiary/aromatic N) is 4. The highest BCUT2D eigenvalue weighted by molar-refractivity contribution is 5.93. The lowest BCUT2D eigenvalue weighted by atomic mass is 10.1. The predicted molar refractivity (Wildman–Crippen MR) is 80.5 cm³/mol. The number of rotatable bonds is 6. The van der Waals surface area contributed by atoms with E-state index < -0.39 is 5.97 Å². The molecule has 0 atom stereocenters. The third-order valence-electron chi connectivity index (χ3n) is 3.28. The minimum absolute atomic E-state index is 0.161. The molecule has 0 aliphatic carbocycles. The third-order valence-corrected chi connectivity index (χ3v) is 3.28. The van der Waals surface area contributed by atoms with Gasteiger partial charge in [-0.2, -0.15) is 10.4 Å². The van der Waals surface area contributed by atoms with Crippen LogP contribution in [0.1, 0.15) is 28.0 Å². The number of aromatic amines is 1. The third kappa shape index (κ3) is 3.15. The topological polar surface area (TPSA) is 132 Å². The number of hydrogen-bond donors (Lipinski definition) is 3. The first-order valence-corrected chi connectivity index (χ1v) is 6.66. The van der Waals surface area contributed by atoms with Crippen LogP contribution >= 0.6 is 0 Å². The van der Waals surface area contributed by atoms with Crippen molar-refractivity contribution in [1.82, 2.24) is 15.2 Å². The van der Waals surface area contributed by atoms with Gasteiger partial charge in [-0.15, -0.1) is 0 Å². The number of aromatic carboxylic acids is 1. The molecule has 8 heteroatoms. The van der Waals surface area contributed by atoms with Crippen molar-refractivity contribution in [3.63, 3.8) is 0 Å². The summed E-state index contributed by atoms with van der Waals surface area (Å²) < 4.78 is 0. The van der Waals surface area contributed by atoms with Gasteiger partial charge in [0.2, 0.25) is 0 Å². The normalized spacial score (nSPS) is 10.2. The van der Waals surface area contributed by atoms with Crippen molar-refractivity contribution in [2.45, 2.75) is 12.8 Å². The molecule has 22 heavy (non-hydrogen) atoms. The van der Waals surface area contributed by atoms with E-state index in [9.17, 15) is 4.79 Å². The van der Waals surface area contributed by atoms with Crippen molar-refractivity contribution in [3.05, 3.63) is 35.2 Å². The second-order valence-electron chi connectivity index (χ2n) is 4.78. The van der Waals surface area contributed by atoms with Crippen LogP contribution in [-0.4, -0.2) is 39.8 Å². The summed E-state index contributed by atoms with van der Waals surface area (Å²) in [6, 6.07) is 5.12. The second-order valence-corrected chi connectivity index (χ2v) is 4.78. The zero-order valence-electron chi connectivity index (χ0n) is 12.1. The molecule has 8 nitrogen and oxygen atoms in total. The fraction of sp³-hybridized carbons (Fsp3) is 0.286. The molecule has 2 heterocycles. The van der Waals surface area contributed by atoms with Crippen molar-refractivity contribution >= 4 is 17.6 Å². The number of pyridine rings is 1. The van der Waals surface area contributed by atoms with E-state index in [1.165, 1.54) is 6.07 Å². The molecule has 0 saturated heterocycles. The molecule has 0 spiro atoms. The average Bonchev–Trinajstić information content (AvgIpc) is 2.87. The van der Waals surface area contributed by atoms with Gasteiger partial charge in [0.25, 0.3) is 0 Å². The van der Waals surface area contributed by atoms with Crippen LogP contribution < -0.4 is 10.6 Å². The number of H-pyrrole nitrogens is 1. The highest BCUT2D eigenvalue weighted by Gasteiger charge is 2.15. The van der Waals surface area contributed by atoms with E-state index in [1.807, 2.05) is 6.07 Å². The van der Waals surface area contributed by atoms with Crippen LogP contribution in [0.3, 0.4) is 0 Å². The summed E-state index contributed by atoms with van der Waals surface area (Å²) in [7, 11) is 1.78. The standard InChI is InChI=1S/C14H16N6O2/c1-20(13-9(14(21)22)4-2-6-17-13)7-3-5-11-10(8-15)12(16)19-18-11/h2,4,6H,3,5,7H2,1H3,(H,21,22)(H3,16,18,19). The van der Waals surface area contributed by atoms with Crippen molar-refractivity contribution in [3.8, 4) is 6.07 Å². The molecule has 2 aromatic heterocycles. The number of anilines is 2. The first-order valence-electron chi connectivity index (χ1n) is 6.66. The van der Waals surface area contributed by atoms with Crippen LogP contribution in [0.2, 0.25) is 0 Å². The molecule has 2 aromatic rings. The quantitative estimate of drug-likeness (QED) is 0.725. The van der Waals surface area contributed by atoms with Crippen LogP contribution in [0.15, 0.2) is 18.3 Å². The molecule has 0 unspecified atom stereocenters. The maximum atomic E-state index is 11.2. The van der Waals surface area contributed by atoms with Gasteiger partial charge in [0.15, 0.2) is 5.82 Å². The van der Waals surface area contributed by atoms with Crippen LogP contribution in [-0.2, 0) is 6.42 Å². The smallest absolute Gasteiger partial charge is 0.339 e. The molecule has 0 aromatic carbocycles. The molecule has 4 N–H and O–H groups in total. The fourth-order valence-electron chi connectivity index (χ4n) is 2.17. The number of aromatic nitrogens is 3. The Hall–Kier alpha value is -3.08. The van der Waals surface area contributed by atoms with Crippen molar-refractivity contribution in [2.24, 2.45) is 0 Å². The van der Waals surface area contributed by atoms with Gasteiger partial charge in [-0.3, -0.25) is 5.10 Å². The molecule has 0 saturated carbocycles. The molecule has 2 rings (SSSR count). The molecule has 0 bridgehead atoms. The molecule has 0 fully saturated rings. The van der Waals surface area contributed by atoms with E-state index in [4.69, 9.17) is 16.1 Å². The van der Waals surface area contributed by atoms with E-state index in [0.717, 1.165) is 0 Å². The molecule has 0 aliphatic rings. The number of carboxylic acid groups (broad SMARTS) is 1. The van der Waals surface area contributed by atoms with Gasteiger partial charge in [0.05, 0.1) is 5.69 Å². The molecular weight excluding hydrogens is 284 g/mol. The lowest BCUT2D eigenvalue weighted by Crippen LogP contribution is -2.23. The number of nitrogens with one attached hydrogen (secondary N) is 1. The predicted octanol–water partition coefficient (Wildman–Crippen LogP) is 1.03. The largest absolute Gasteiger partial charge is 0.478 e. The van der Waals surface area contributed by atoms with E-state index >= 15 is 0 Å². The molecular formula is C14H16N6O2. The summed E-state index contributed by atoms with van der Waals surface area (Å²) in [6.45, 7) is 0.584. The Kier molecular flexibility index (Phi) is 4.58. The molecule has 0 amide bonds.